The Hall–Kier alpha value is -3.41. The number of hydrogen-bond donors (Lipinski definition) is 2. The fourth-order valence-electron chi connectivity index (χ4n) is 6.14. The van der Waals surface area contributed by atoms with Crippen LogP contribution in [0.5, 0.6) is 0 Å². The molecule has 1 unspecified atom stereocenters. The van der Waals surface area contributed by atoms with Gasteiger partial charge in [-0.15, -0.1) is 0 Å². The molecule has 0 radical (unpaired) electrons. The molecule has 2 fully saturated rings. The molecule has 5 rings (SSSR count). The third-order valence-electron chi connectivity index (χ3n) is 8.45. The number of piperidine rings is 1. The highest BCUT2D eigenvalue weighted by Crippen LogP contribution is 2.44. The molecule has 230 valence electrons. The van der Waals surface area contributed by atoms with Crippen LogP contribution < -0.4 is 10.6 Å². The number of rotatable bonds is 9. The van der Waals surface area contributed by atoms with Crippen molar-refractivity contribution in [1.82, 2.24) is 15.5 Å². The van der Waals surface area contributed by atoms with E-state index in [1.54, 1.807) is 0 Å². The maximum absolute atomic E-state index is 13.5. The van der Waals surface area contributed by atoms with Gasteiger partial charge in [0.25, 0.3) is 0 Å². The molecular weight excluding hydrogens is 572 g/mol. The normalized spacial score (nSPS) is 24.8. The van der Waals surface area contributed by atoms with Gasteiger partial charge in [-0.05, 0) is 54.7 Å². The van der Waals surface area contributed by atoms with Crippen molar-refractivity contribution in [1.29, 1.82) is 0 Å². The Bertz CT molecular complexity index is 1380. The van der Waals surface area contributed by atoms with Crippen molar-refractivity contribution in [3.05, 3.63) is 107 Å². The highest BCUT2D eigenvalue weighted by atomic mass is 19.4. The lowest BCUT2D eigenvalue weighted by Gasteiger charge is -2.57. The Morgan fingerprint density at radius 3 is 2.12 bits per heavy atom. The van der Waals surface area contributed by atoms with Crippen LogP contribution in [0.1, 0.15) is 53.7 Å². The van der Waals surface area contributed by atoms with Crippen LogP contribution in [0.2, 0.25) is 0 Å². The van der Waals surface area contributed by atoms with Crippen LogP contribution in [0.25, 0.3) is 0 Å². The summed E-state index contributed by atoms with van der Waals surface area (Å²) in [6.07, 6.45) is -9.85. The number of alkyl halides is 6. The lowest BCUT2D eigenvalue weighted by Crippen LogP contribution is -2.73. The van der Waals surface area contributed by atoms with Crippen LogP contribution in [-0.4, -0.2) is 42.6 Å². The highest BCUT2D eigenvalue weighted by molar-refractivity contribution is 5.80. The summed E-state index contributed by atoms with van der Waals surface area (Å²) in [5.41, 5.74) is -2.38. The molecule has 2 N–H and O–H groups in total. The molecule has 1 amide bonds. The van der Waals surface area contributed by atoms with Gasteiger partial charge in [-0.1, -0.05) is 60.7 Å². The maximum Gasteiger partial charge on any atom is 0.416 e. The van der Waals surface area contributed by atoms with E-state index in [0.717, 1.165) is 11.1 Å². The summed E-state index contributed by atoms with van der Waals surface area (Å²) in [6.45, 7) is 3.13. The lowest BCUT2D eigenvalue weighted by atomic mass is 9.73. The Kier molecular flexibility index (Phi) is 8.61. The van der Waals surface area contributed by atoms with Crippen LogP contribution in [0.3, 0.4) is 0 Å². The number of benzene rings is 3. The van der Waals surface area contributed by atoms with Crippen molar-refractivity contribution in [2.24, 2.45) is 0 Å². The first kappa shape index (κ1) is 31.0. The van der Waals surface area contributed by atoms with Gasteiger partial charge in [0.2, 0.25) is 5.91 Å². The zero-order valence-corrected chi connectivity index (χ0v) is 23.6. The fraction of sp³-hybridized carbons (Fsp3) is 0.406. The average Bonchev–Trinajstić information content (AvgIpc) is 2.96. The molecule has 2 bridgehead atoms. The maximum atomic E-state index is 13.5. The number of ether oxygens (including phenoxy) is 1. The molecule has 2 aliphatic heterocycles. The third kappa shape index (κ3) is 6.89. The molecule has 0 aromatic heterocycles. The van der Waals surface area contributed by atoms with Crippen LogP contribution in [0.15, 0.2) is 78.9 Å². The van der Waals surface area contributed by atoms with Crippen LogP contribution in [0.4, 0.5) is 26.3 Å². The largest absolute Gasteiger partial charge is 0.416 e. The van der Waals surface area contributed by atoms with E-state index in [1.807, 2.05) is 65.6 Å². The lowest BCUT2D eigenvalue weighted by molar-refractivity contribution is -0.143. The second-order valence-electron chi connectivity index (χ2n) is 11.5. The van der Waals surface area contributed by atoms with E-state index < -0.39 is 40.7 Å². The summed E-state index contributed by atoms with van der Waals surface area (Å²) < 4.78 is 87.1. The number of nitrogens with zero attached hydrogens (tertiary/aromatic N) is 1. The van der Waals surface area contributed by atoms with Gasteiger partial charge in [0.05, 0.1) is 41.5 Å². The van der Waals surface area contributed by atoms with E-state index in [-0.39, 0.29) is 30.7 Å². The van der Waals surface area contributed by atoms with Gasteiger partial charge < -0.3 is 15.4 Å². The van der Waals surface area contributed by atoms with E-state index >= 15 is 0 Å². The standard InChI is InChI=1S/C32H33F6N3O2/c1-22(24-14-26(31(33,34)35)16-27(15-24)32(36,37)38)43-21-30(25-10-6-3-7-11-25)13-12-29(20-41(30)18-28(42)40-29)19-39-17-23-8-4-2-5-9-23/h2-11,14-16,22,39H,12-13,17-21H2,1H3,(H,40,42)/t22-,29+,30-/m1/s1. The molecule has 2 saturated heterocycles. The zero-order chi connectivity index (χ0) is 30.9. The highest BCUT2D eigenvalue weighted by Gasteiger charge is 2.53. The van der Waals surface area contributed by atoms with Crippen molar-refractivity contribution in [3.63, 3.8) is 0 Å². The van der Waals surface area contributed by atoms with E-state index in [0.29, 0.717) is 44.6 Å². The minimum absolute atomic E-state index is 0.0312. The first-order valence-electron chi connectivity index (χ1n) is 14.1. The smallest absolute Gasteiger partial charge is 0.372 e. The van der Waals surface area contributed by atoms with Gasteiger partial charge in [-0.25, -0.2) is 0 Å². The number of amides is 1. The molecule has 3 aromatic carbocycles. The molecule has 2 heterocycles. The molecule has 2 aliphatic rings. The quantitative estimate of drug-likeness (QED) is 0.276. The summed E-state index contributed by atoms with van der Waals surface area (Å²) in [7, 11) is 0. The second-order valence-corrected chi connectivity index (χ2v) is 11.5. The molecule has 3 aromatic rings. The third-order valence-corrected chi connectivity index (χ3v) is 8.45. The summed E-state index contributed by atoms with van der Waals surface area (Å²) >= 11 is 0. The Morgan fingerprint density at radius 2 is 1.51 bits per heavy atom. The van der Waals surface area contributed by atoms with Gasteiger partial charge in [0, 0.05) is 19.6 Å². The van der Waals surface area contributed by atoms with Gasteiger partial charge in [-0.2, -0.15) is 26.3 Å². The number of halogens is 6. The number of piperazine rings is 1. The van der Waals surface area contributed by atoms with Gasteiger partial charge in [-0.3, -0.25) is 9.69 Å². The van der Waals surface area contributed by atoms with Crippen LogP contribution in [0, 0.1) is 0 Å². The number of carbonyl (C=O) groups is 1. The molecule has 11 heteroatoms. The molecule has 0 spiro atoms. The van der Waals surface area contributed by atoms with Crippen LogP contribution >= 0.6 is 0 Å². The number of hydrogen-bond acceptors (Lipinski definition) is 4. The summed E-state index contributed by atoms with van der Waals surface area (Å²) in [5.74, 6) is -0.159. The number of nitrogens with one attached hydrogen (secondary N) is 2. The monoisotopic (exact) mass is 605 g/mol. The molecular formula is C32H33F6N3O2. The minimum Gasteiger partial charge on any atom is -0.372 e. The zero-order valence-electron chi connectivity index (χ0n) is 23.6. The Morgan fingerprint density at radius 1 is 0.907 bits per heavy atom. The van der Waals surface area contributed by atoms with Crippen LogP contribution in [-0.2, 0) is 34.0 Å². The second kappa shape index (κ2) is 11.9. The van der Waals surface area contributed by atoms with Crippen molar-refractivity contribution in [3.8, 4) is 0 Å². The average molecular weight is 606 g/mol. The molecule has 43 heavy (non-hydrogen) atoms. The van der Waals surface area contributed by atoms with Gasteiger partial charge in [0.1, 0.15) is 0 Å². The molecule has 5 nitrogen and oxygen atoms in total. The predicted octanol–water partition coefficient (Wildman–Crippen LogP) is 6.45. The fourth-order valence-corrected chi connectivity index (χ4v) is 6.14. The minimum atomic E-state index is -4.95. The SMILES string of the molecule is C[C@@H](OC[C@@]1(c2ccccc2)CC[C@]2(CNCc3ccccc3)CN1CC(=O)N2)c1cc(C(F)(F)F)cc(C(F)(F)F)c1. The summed E-state index contributed by atoms with van der Waals surface area (Å²) in [5, 5.41) is 6.63. The number of carbonyl (C=O) groups excluding carboxylic acids is 1. The van der Waals surface area contributed by atoms with Crippen molar-refractivity contribution in [2.75, 3.05) is 26.2 Å². The van der Waals surface area contributed by atoms with E-state index in [4.69, 9.17) is 4.74 Å². The van der Waals surface area contributed by atoms with E-state index in [1.165, 1.54) is 6.92 Å². The molecule has 0 saturated carbocycles. The van der Waals surface area contributed by atoms with E-state index in [9.17, 15) is 31.1 Å². The van der Waals surface area contributed by atoms with Crippen molar-refractivity contribution in [2.45, 2.75) is 55.8 Å². The van der Waals surface area contributed by atoms with E-state index in [2.05, 4.69) is 10.6 Å². The van der Waals surface area contributed by atoms with Crippen molar-refractivity contribution >= 4 is 5.91 Å². The van der Waals surface area contributed by atoms with Crippen molar-refractivity contribution < 1.29 is 35.9 Å². The Labute approximate surface area is 246 Å². The number of fused-ring (bicyclic) bond motifs is 2. The molecule has 4 atom stereocenters. The summed E-state index contributed by atoms with van der Waals surface area (Å²) in [6, 6.07) is 20.8. The first-order chi connectivity index (χ1) is 20.3. The topological polar surface area (TPSA) is 53.6 Å². The summed E-state index contributed by atoms with van der Waals surface area (Å²) in [4.78, 5) is 15.1. The molecule has 0 aliphatic carbocycles. The first-order valence-corrected chi connectivity index (χ1v) is 14.1. The Balaban J connectivity index is 1.39. The predicted molar refractivity (Wildman–Crippen MR) is 149 cm³/mol. The van der Waals surface area contributed by atoms with Gasteiger partial charge in [0.15, 0.2) is 0 Å². The van der Waals surface area contributed by atoms with Gasteiger partial charge >= 0.3 is 12.4 Å².